The summed E-state index contributed by atoms with van der Waals surface area (Å²) in [5, 5.41) is 6.87. The van der Waals surface area contributed by atoms with Crippen molar-refractivity contribution in [3.63, 3.8) is 0 Å². The van der Waals surface area contributed by atoms with Crippen molar-refractivity contribution in [1.82, 2.24) is 28.7 Å². The summed E-state index contributed by atoms with van der Waals surface area (Å²) in [6.45, 7) is 0. The summed E-state index contributed by atoms with van der Waals surface area (Å²) in [5.74, 6) is 1.78. The standard InChI is InChI=1S/C57H36N6/c1-4-18-37(19-5-1)41-24-10-14-28-47(41)62-50-31-17-13-27-45(50)53-52(62)35-33-44-42-25-11-16-30-49(42)63(54(44)53)57-59-55(38-20-6-2-7-21-38)58-56(60-57)39-32-34-51-46(36-39)43-26-12-15-29-48(43)61(51)40-22-8-3-9-23-40/h1-36H. The Balaban J connectivity index is 1.11. The minimum Gasteiger partial charge on any atom is -0.309 e. The number of benzene rings is 9. The lowest BCUT2D eigenvalue weighted by Crippen LogP contribution is -2.06. The Morgan fingerprint density at radius 1 is 0.302 bits per heavy atom. The van der Waals surface area contributed by atoms with E-state index in [4.69, 9.17) is 15.0 Å². The molecule has 13 rings (SSSR count). The lowest BCUT2D eigenvalue weighted by atomic mass is 10.0. The van der Waals surface area contributed by atoms with Crippen LogP contribution in [-0.4, -0.2) is 28.7 Å². The molecule has 63 heavy (non-hydrogen) atoms. The van der Waals surface area contributed by atoms with E-state index in [2.05, 4.69) is 214 Å². The SMILES string of the molecule is c1ccc(-c2nc(-c3ccc4c(c3)c3ccccc3n4-c3ccccc3)nc(-n3c4ccccc4c4ccc5c(c6ccccc6n5-c5ccccc5-c5ccccc5)c43)n2)cc1. The predicted octanol–water partition coefficient (Wildman–Crippen LogP) is 14.2. The number of nitrogens with zero attached hydrogens (tertiary/aromatic N) is 6. The van der Waals surface area contributed by atoms with Crippen LogP contribution in [0.5, 0.6) is 0 Å². The zero-order chi connectivity index (χ0) is 41.4. The third-order valence-corrected chi connectivity index (χ3v) is 12.5. The van der Waals surface area contributed by atoms with E-state index in [-0.39, 0.29) is 0 Å². The second-order valence-electron chi connectivity index (χ2n) is 16.0. The van der Waals surface area contributed by atoms with Gasteiger partial charge in [0.05, 0.1) is 38.8 Å². The quantitative estimate of drug-likeness (QED) is 0.168. The van der Waals surface area contributed by atoms with E-state index < -0.39 is 0 Å². The van der Waals surface area contributed by atoms with Gasteiger partial charge in [0.2, 0.25) is 5.95 Å². The summed E-state index contributed by atoms with van der Waals surface area (Å²) in [7, 11) is 0. The van der Waals surface area contributed by atoms with Crippen molar-refractivity contribution in [3.8, 4) is 51.2 Å². The van der Waals surface area contributed by atoms with E-state index >= 15 is 0 Å². The molecule has 9 aromatic carbocycles. The molecule has 0 aliphatic heterocycles. The summed E-state index contributed by atoms with van der Waals surface area (Å²) in [4.78, 5) is 16.1. The highest BCUT2D eigenvalue weighted by atomic mass is 15.2. The number of aromatic nitrogens is 6. The average Bonchev–Trinajstić information content (AvgIpc) is 4.00. The van der Waals surface area contributed by atoms with Crippen molar-refractivity contribution in [2.45, 2.75) is 0 Å². The van der Waals surface area contributed by atoms with Crippen molar-refractivity contribution in [2.24, 2.45) is 0 Å². The van der Waals surface area contributed by atoms with Crippen molar-refractivity contribution < 1.29 is 0 Å². The minimum absolute atomic E-state index is 0.561. The first kappa shape index (κ1) is 35.2. The van der Waals surface area contributed by atoms with E-state index in [1.54, 1.807) is 0 Å². The van der Waals surface area contributed by atoms with Gasteiger partial charge in [-0.05, 0) is 66.2 Å². The minimum atomic E-state index is 0.561. The Morgan fingerprint density at radius 3 is 1.56 bits per heavy atom. The molecule has 0 amide bonds. The highest BCUT2D eigenvalue weighted by molar-refractivity contribution is 6.26. The van der Waals surface area contributed by atoms with Crippen LogP contribution in [0.4, 0.5) is 0 Å². The summed E-state index contributed by atoms with van der Waals surface area (Å²) < 4.78 is 7.02. The molecular weight excluding hydrogens is 769 g/mol. The zero-order valence-corrected chi connectivity index (χ0v) is 34.0. The van der Waals surface area contributed by atoms with Gasteiger partial charge < -0.3 is 9.13 Å². The Morgan fingerprint density at radius 2 is 0.825 bits per heavy atom. The largest absolute Gasteiger partial charge is 0.309 e. The van der Waals surface area contributed by atoms with Gasteiger partial charge in [0.1, 0.15) is 0 Å². The molecule has 0 aliphatic carbocycles. The Labute approximate surface area is 362 Å². The Bertz CT molecular complexity index is 3900. The van der Waals surface area contributed by atoms with Crippen LogP contribution in [0.2, 0.25) is 0 Å². The maximum atomic E-state index is 5.46. The van der Waals surface area contributed by atoms with E-state index in [0.29, 0.717) is 17.6 Å². The molecular formula is C57H36N6. The van der Waals surface area contributed by atoms with E-state index in [1.807, 2.05) is 18.2 Å². The van der Waals surface area contributed by atoms with Gasteiger partial charge in [-0.1, -0.05) is 158 Å². The fraction of sp³-hybridized carbons (Fsp3) is 0. The first-order valence-corrected chi connectivity index (χ1v) is 21.3. The van der Waals surface area contributed by atoms with Crippen LogP contribution in [0.1, 0.15) is 0 Å². The second kappa shape index (κ2) is 14.0. The molecule has 0 saturated heterocycles. The normalized spacial score (nSPS) is 11.8. The lowest BCUT2D eigenvalue weighted by molar-refractivity contribution is 0.955. The maximum Gasteiger partial charge on any atom is 0.238 e. The molecule has 6 nitrogen and oxygen atoms in total. The van der Waals surface area contributed by atoms with Crippen LogP contribution in [0.15, 0.2) is 218 Å². The van der Waals surface area contributed by atoms with Gasteiger partial charge in [-0.3, -0.25) is 4.57 Å². The molecule has 0 unspecified atom stereocenters. The van der Waals surface area contributed by atoms with Gasteiger partial charge in [0.15, 0.2) is 11.6 Å². The average molecular weight is 805 g/mol. The molecule has 0 aliphatic rings. The van der Waals surface area contributed by atoms with Crippen LogP contribution in [0, 0.1) is 0 Å². The second-order valence-corrected chi connectivity index (χ2v) is 16.0. The lowest BCUT2D eigenvalue weighted by Gasteiger charge is -2.14. The molecule has 6 heteroatoms. The topological polar surface area (TPSA) is 53.5 Å². The molecule has 0 bridgehead atoms. The van der Waals surface area contributed by atoms with Gasteiger partial charge in [-0.15, -0.1) is 0 Å². The zero-order valence-electron chi connectivity index (χ0n) is 34.0. The molecule has 0 atom stereocenters. The van der Waals surface area contributed by atoms with Crippen LogP contribution in [0.25, 0.3) is 117 Å². The highest BCUT2D eigenvalue weighted by Gasteiger charge is 2.24. The smallest absolute Gasteiger partial charge is 0.238 e. The molecule has 4 heterocycles. The molecule has 0 N–H and O–H groups in total. The van der Waals surface area contributed by atoms with Gasteiger partial charge >= 0.3 is 0 Å². The van der Waals surface area contributed by atoms with E-state index in [0.717, 1.165) is 82.5 Å². The molecule has 294 valence electrons. The predicted molar refractivity (Wildman–Crippen MR) is 259 cm³/mol. The molecule has 0 fully saturated rings. The number of fused-ring (bicyclic) bond motifs is 10. The highest BCUT2D eigenvalue weighted by Crippen LogP contribution is 2.43. The molecule has 4 aromatic heterocycles. The van der Waals surface area contributed by atoms with Crippen LogP contribution < -0.4 is 0 Å². The summed E-state index contributed by atoms with van der Waals surface area (Å²) in [5.41, 5.74) is 13.0. The fourth-order valence-electron chi connectivity index (χ4n) is 9.78. The fourth-order valence-corrected chi connectivity index (χ4v) is 9.78. The van der Waals surface area contributed by atoms with E-state index in [9.17, 15) is 0 Å². The van der Waals surface area contributed by atoms with Gasteiger partial charge in [0.25, 0.3) is 0 Å². The first-order chi connectivity index (χ1) is 31.3. The van der Waals surface area contributed by atoms with Gasteiger partial charge in [-0.25, -0.2) is 4.98 Å². The third-order valence-electron chi connectivity index (χ3n) is 12.5. The monoisotopic (exact) mass is 804 g/mol. The van der Waals surface area contributed by atoms with Crippen molar-refractivity contribution >= 4 is 65.4 Å². The third kappa shape index (κ3) is 5.41. The number of para-hydroxylation sites is 5. The van der Waals surface area contributed by atoms with Crippen molar-refractivity contribution in [3.05, 3.63) is 218 Å². The summed E-state index contributed by atoms with van der Waals surface area (Å²) in [6.07, 6.45) is 0. The van der Waals surface area contributed by atoms with Crippen LogP contribution in [0.3, 0.4) is 0 Å². The van der Waals surface area contributed by atoms with Crippen molar-refractivity contribution in [2.75, 3.05) is 0 Å². The molecule has 13 aromatic rings. The molecule has 0 saturated carbocycles. The van der Waals surface area contributed by atoms with Crippen LogP contribution in [-0.2, 0) is 0 Å². The first-order valence-electron chi connectivity index (χ1n) is 21.3. The Kier molecular flexibility index (Phi) is 7.80. The number of rotatable bonds is 6. The van der Waals surface area contributed by atoms with Gasteiger partial charge in [-0.2, -0.15) is 9.97 Å². The maximum absolute atomic E-state index is 5.46. The number of hydrogen-bond donors (Lipinski definition) is 0. The number of hydrogen-bond acceptors (Lipinski definition) is 3. The van der Waals surface area contributed by atoms with E-state index in [1.165, 1.54) is 16.5 Å². The summed E-state index contributed by atoms with van der Waals surface area (Å²) in [6, 6.07) is 77.3. The Hall–Kier alpha value is -8.61. The molecule has 0 radical (unpaired) electrons. The molecule has 0 spiro atoms. The van der Waals surface area contributed by atoms with Crippen LogP contribution >= 0.6 is 0 Å². The van der Waals surface area contributed by atoms with Crippen molar-refractivity contribution in [1.29, 1.82) is 0 Å². The summed E-state index contributed by atoms with van der Waals surface area (Å²) >= 11 is 0. The van der Waals surface area contributed by atoms with Gasteiger partial charge in [0, 0.05) is 54.7 Å².